The Labute approximate surface area is 179 Å². The first-order valence-corrected chi connectivity index (χ1v) is 10.2. The maximum absolute atomic E-state index is 12.5. The highest BCUT2D eigenvalue weighted by Crippen LogP contribution is 2.32. The minimum absolute atomic E-state index is 0.107. The van der Waals surface area contributed by atoms with Crippen LogP contribution in [0.1, 0.15) is 18.5 Å². The summed E-state index contributed by atoms with van der Waals surface area (Å²) in [5.41, 5.74) is -0.147. The molecule has 1 atom stereocenters. The second-order valence-electron chi connectivity index (χ2n) is 7.05. The van der Waals surface area contributed by atoms with Crippen molar-refractivity contribution in [3.05, 3.63) is 56.9 Å². The van der Waals surface area contributed by atoms with Gasteiger partial charge in [0.2, 0.25) is 5.91 Å². The summed E-state index contributed by atoms with van der Waals surface area (Å²) >= 11 is 0. The lowest BCUT2D eigenvalue weighted by Gasteiger charge is -2.35. The second kappa shape index (κ2) is 10.8. The number of aromatic nitrogens is 2. The van der Waals surface area contributed by atoms with Gasteiger partial charge in [-0.25, -0.2) is 4.79 Å². The molecule has 1 aliphatic heterocycles. The number of aromatic amines is 1. The molecule has 2 N–H and O–H groups in total. The number of ether oxygens (including phenoxy) is 3. The fraction of sp³-hybridized carbons (Fsp3) is 0.476. The number of nitrogens with zero attached hydrogens (tertiary/aromatic N) is 2. The van der Waals surface area contributed by atoms with Crippen LogP contribution < -0.4 is 26.0 Å². The van der Waals surface area contributed by atoms with E-state index in [1.165, 1.54) is 12.3 Å². The summed E-state index contributed by atoms with van der Waals surface area (Å²) in [6.45, 7) is 5.30. The largest absolute Gasteiger partial charge is 0.493 e. The zero-order valence-corrected chi connectivity index (χ0v) is 17.8. The van der Waals surface area contributed by atoms with Gasteiger partial charge in [-0.2, -0.15) is 0 Å². The Morgan fingerprint density at radius 3 is 2.68 bits per heavy atom. The summed E-state index contributed by atoms with van der Waals surface area (Å²) in [5, 5.41) is 2.90. The molecule has 1 amide bonds. The lowest BCUT2D eigenvalue weighted by Crippen LogP contribution is -2.44. The Balaban J connectivity index is 1.75. The summed E-state index contributed by atoms with van der Waals surface area (Å²) in [6, 6.07) is 6.85. The maximum Gasteiger partial charge on any atom is 0.328 e. The first-order chi connectivity index (χ1) is 15.0. The molecule has 3 rings (SSSR count). The van der Waals surface area contributed by atoms with Crippen LogP contribution in [0.4, 0.5) is 0 Å². The van der Waals surface area contributed by atoms with Crippen molar-refractivity contribution in [1.29, 1.82) is 0 Å². The van der Waals surface area contributed by atoms with E-state index in [1.54, 1.807) is 7.11 Å². The van der Waals surface area contributed by atoms with E-state index in [0.717, 1.165) is 23.2 Å². The van der Waals surface area contributed by atoms with Gasteiger partial charge in [-0.1, -0.05) is 6.07 Å². The highest BCUT2D eigenvalue weighted by Gasteiger charge is 2.24. The van der Waals surface area contributed by atoms with Gasteiger partial charge in [0.05, 0.1) is 33.0 Å². The molecule has 2 aromatic rings. The molecule has 0 spiro atoms. The van der Waals surface area contributed by atoms with E-state index in [2.05, 4.69) is 15.2 Å². The molecule has 0 saturated carbocycles. The molecule has 10 heteroatoms. The SMILES string of the molecule is CCOc1ccc(C(CNC(=O)Cn2ccc(=O)[nH]c2=O)N2CCOCC2)cc1OC. The number of carbonyl (C=O) groups is 1. The number of methoxy groups -OCH3 is 1. The topological polar surface area (TPSA) is 115 Å². The summed E-state index contributed by atoms with van der Waals surface area (Å²) in [7, 11) is 1.59. The monoisotopic (exact) mass is 432 g/mol. The molecular weight excluding hydrogens is 404 g/mol. The van der Waals surface area contributed by atoms with E-state index in [1.807, 2.05) is 25.1 Å². The van der Waals surface area contributed by atoms with E-state index in [4.69, 9.17) is 14.2 Å². The summed E-state index contributed by atoms with van der Waals surface area (Å²) in [6.07, 6.45) is 1.30. The number of carbonyl (C=O) groups excluding carboxylic acids is 1. The number of hydrogen-bond donors (Lipinski definition) is 2. The van der Waals surface area contributed by atoms with E-state index in [9.17, 15) is 14.4 Å². The summed E-state index contributed by atoms with van der Waals surface area (Å²) in [4.78, 5) is 39.9. The Morgan fingerprint density at radius 2 is 2.00 bits per heavy atom. The van der Waals surface area contributed by atoms with Crippen molar-refractivity contribution in [1.82, 2.24) is 19.8 Å². The summed E-state index contributed by atoms with van der Waals surface area (Å²) < 4.78 is 17.7. The van der Waals surface area contributed by atoms with Crippen LogP contribution in [0.3, 0.4) is 0 Å². The van der Waals surface area contributed by atoms with Gasteiger partial charge in [0.15, 0.2) is 11.5 Å². The van der Waals surface area contributed by atoms with Crippen molar-refractivity contribution in [2.24, 2.45) is 0 Å². The van der Waals surface area contributed by atoms with Crippen LogP contribution in [-0.4, -0.2) is 66.9 Å². The van der Waals surface area contributed by atoms with E-state index in [-0.39, 0.29) is 18.5 Å². The van der Waals surface area contributed by atoms with Crippen molar-refractivity contribution in [3.63, 3.8) is 0 Å². The normalized spacial score (nSPS) is 15.3. The number of morpholine rings is 1. The number of rotatable bonds is 9. The second-order valence-corrected chi connectivity index (χ2v) is 7.05. The quantitative estimate of drug-likeness (QED) is 0.579. The van der Waals surface area contributed by atoms with Gasteiger partial charge in [-0.3, -0.25) is 24.0 Å². The molecule has 2 heterocycles. The molecule has 31 heavy (non-hydrogen) atoms. The molecule has 1 unspecified atom stereocenters. The molecule has 1 aromatic heterocycles. The zero-order chi connectivity index (χ0) is 22.2. The average Bonchev–Trinajstić information content (AvgIpc) is 2.77. The Morgan fingerprint density at radius 1 is 1.23 bits per heavy atom. The van der Waals surface area contributed by atoms with Crippen molar-refractivity contribution in [2.75, 3.05) is 46.6 Å². The third-order valence-electron chi connectivity index (χ3n) is 5.06. The van der Waals surface area contributed by atoms with Crippen molar-refractivity contribution in [3.8, 4) is 11.5 Å². The van der Waals surface area contributed by atoms with Gasteiger partial charge in [-0.15, -0.1) is 0 Å². The maximum atomic E-state index is 12.5. The first-order valence-electron chi connectivity index (χ1n) is 10.2. The van der Waals surface area contributed by atoms with E-state index < -0.39 is 11.2 Å². The minimum atomic E-state index is -0.622. The predicted molar refractivity (Wildman–Crippen MR) is 114 cm³/mol. The van der Waals surface area contributed by atoms with Crippen molar-refractivity contribution < 1.29 is 19.0 Å². The van der Waals surface area contributed by atoms with Crippen molar-refractivity contribution >= 4 is 5.91 Å². The first kappa shape index (κ1) is 22.6. The van der Waals surface area contributed by atoms with Gasteiger partial charge in [-0.05, 0) is 24.6 Å². The van der Waals surface area contributed by atoms with Gasteiger partial charge in [0, 0.05) is 31.9 Å². The van der Waals surface area contributed by atoms with E-state index >= 15 is 0 Å². The lowest BCUT2D eigenvalue weighted by molar-refractivity contribution is -0.122. The molecule has 10 nitrogen and oxygen atoms in total. The number of benzene rings is 1. The fourth-order valence-electron chi connectivity index (χ4n) is 3.50. The molecule has 168 valence electrons. The Bertz CT molecular complexity index is 996. The molecule has 0 aliphatic carbocycles. The van der Waals surface area contributed by atoms with Gasteiger partial charge >= 0.3 is 5.69 Å². The number of hydrogen-bond acceptors (Lipinski definition) is 7. The molecule has 1 aromatic carbocycles. The molecular formula is C21H28N4O6. The standard InChI is InChI=1S/C21H28N4O6/c1-3-31-17-5-4-15(12-18(17)29-2)16(24-8-10-30-11-9-24)13-22-20(27)14-25-7-6-19(26)23-21(25)28/h4-7,12,16H,3,8-11,13-14H2,1-2H3,(H,22,27)(H,23,26,28). The molecule has 1 saturated heterocycles. The van der Waals surface area contributed by atoms with Crippen LogP contribution in [-0.2, 0) is 16.1 Å². The number of nitrogens with one attached hydrogen (secondary N) is 2. The predicted octanol–water partition coefficient (Wildman–Crippen LogP) is 0.134. The Hall–Kier alpha value is -3.11. The zero-order valence-electron chi connectivity index (χ0n) is 17.8. The van der Waals surface area contributed by atoms with Crippen LogP contribution in [0.25, 0.3) is 0 Å². The van der Waals surface area contributed by atoms with E-state index in [0.29, 0.717) is 37.9 Å². The molecule has 0 bridgehead atoms. The molecule has 0 radical (unpaired) electrons. The number of amides is 1. The third-order valence-corrected chi connectivity index (χ3v) is 5.06. The summed E-state index contributed by atoms with van der Waals surface area (Å²) in [5.74, 6) is 0.963. The fourth-order valence-corrected chi connectivity index (χ4v) is 3.50. The van der Waals surface area contributed by atoms with Gasteiger partial charge in [0.25, 0.3) is 5.56 Å². The van der Waals surface area contributed by atoms with Crippen LogP contribution in [0.15, 0.2) is 40.1 Å². The highest BCUT2D eigenvalue weighted by molar-refractivity contribution is 5.75. The molecule has 1 aliphatic rings. The minimum Gasteiger partial charge on any atom is -0.493 e. The van der Waals surface area contributed by atoms with Crippen LogP contribution in [0.5, 0.6) is 11.5 Å². The highest BCUT2D eigenvalue weighted by atomic mass is 16.5. The average molecular weight is 432 g/mol. The smallest absolute Gasteiger partial charge is 0.328 e. The van der Waals surface area contributed by atoms with Crippen LogP contribution >= 0.6 is 0 Å². The number of H-pyrrole nitrogens is 1. The third kappa shape index (κ3) is 5.96. The van der Waals surface area contributed by atoms with Crippen molar-refractivity contribution in [2.45, 2.75) is 19.5 Å². The lowest BCUT2D eigenvalue weighted by atomic mass is 10.0. The van der Waals surface area contributed by atoms with Crippen LogP contribution in [0.2, 0.25) is 0 Å². The van der Waals surface area contributed by atoms with Gasteiger partial charge in [0.1, 0.15) is 6.54 Å². The van der Waals surface area contributed by atoms with Gasteiger partial charge < -0.3 is 19.5 Å². The van der Waals surface area contributed by atoms with Crippen LogP contribution in [0, 0.1) is 0 Å². The molecule has 1 fully saturated rings. The Kier molecular flexibility index (Phi) is 7.85.